The molecule has 0 amide bonds. The van der Waals surface area contributed by atoms with Gasteiger partial charge in [-0.15, -0.1) is 0 Å². The van der Waals surface area contributed by atoms with E-state index in [0.717, 1.165) is 6.20 Å². The maximum absolute atomic E-state index is 12.0. The number of aromatic amines is 1. The molecule has 0 aliphatic carbocycles. The van der Waals surface area contributed by atoms with E-state index in [4.69, 9.17) is 0 Å². The Kier molecular flexibility index (Phi) is 1.14. The summed E-state index contributed by atoms with van der Waals surface area (Å²) in [4.78, 5) is 8.94. The van der Waals surface area contributed by atoms with Gasteiger partial charge in [0.25, 0.3) is 5.95 Å². The minimum Gasteiger partial charge on any atom is -0.258 e. The first-order valence-electron chi connectivity index (χ1n) is 2.05. The average molecular weight is 131 g/mol. The van der Waals surface area contributed by atoms with E-state index in [0.29, 0.717) is 0 Å². The molecule has 0 unspecified atom stereocenters. The molecule has 0 saturated carbocycles. The summed E-state index contributed by atoms with van der Waals surface area (Å²) >= 11 is 0. The number of hydrogen-bond acceptors (Lipinski definition) is 3. The second kappa shape index (κ2) is 1.81. The van der Waals surface area contributed by atoms with Crippen molar-refractivity contribution in [1.29, 1.82) is 0 Å². The Labute approximate surface area is 48.6 Å². The van der Waals surface area contributed by atoms with Crippen LogP contribution in [0.1, 0.15) is 0 Å². The summed E-state index contributed by atoms with van der Waals surface area (Å²) in [6.45, 7) is 0. The first kappa shape index (κ1) is 5.67. The largest absolute Gasteiger partial charge is 0.343 e. The Morgan fingerprint density at radius 3 is 2.78 bits per heavy atom. The first-order valence-corrected chi connectivity index (χ1v) is 2.05. The van der Waals surface area contributed by atoms with Gasteiger partial charge in [-0.2, -0.15) is 9.49 Å². The average Bonchev–Trinajstić information content (AvgIpc) is 2.13. The summed E-state index contributed by atoms with van der Waals surface area (Å²) in [5.41, 5.74) is -0.630. The number of H-pyrrole nitrogens is 1. The fourth-order valence-corrected chi connectivity index (χ4v) is 0.391. The fraction of sp³-hybridized carbons (Fsp3) is 0. The number of nitrogens with one attached hydrogen (secondary N) is 1. The van der Waals surface area contributed by atoms with Gasteiger partial charge in [-0.05, 0) is 0 Å². The van der Waals surface area contributed by atoms with Crippen molar-refractivity contribution in [1.82, 2.24) is 10.2 Å². The Hall–Kier alpha value is -1.46. The fourth-order valence-electron chi connectivity index (χ4n) is 0.391. The van der Waals surface area contributed by atoms with E-state index >= 15 is 0 Å². The molecule has 0 bridgehead atoms. The Morgan fingerprint density at radius 1 is 1.89 bits per heavy atom. The van der Waals surface area contributed by atoms with E-state index in [1.54, 1.807) is 5.10 Å². The Morgan fingerprint density at radius 2 is 2.56 bits per heavy atom. The highest BCUT2D eigenvalue weighted by Gasteiger charge is 2.14. The Balaban J connectivity index is 3.08. The zero-order chi connectivity index (χ0) is 6.85. The van der Waals surface area contributed by atoms with E-state index in [-0.39, 0.29) is 0 Å². The molecule has 6 heteroatoms. The molecule has 0 spiro atoms. The molecule has 9 heavy (non-hydrogen) atoms. The van der Waals surface area contributed by atoms with Gasteiger partial charge in [0, 0.05) is 0 Å². The maximum atomic E-state index is 12.0. The predicted molar refractivity (Wildman–Crippen MR) is 25.2 cm³/mol. The van der Waals surface area contributed by atoms with Crippen LogP contribution < -0.4 is 0 Å². The van der Waals surface area contributed by atoms with Crippen LogP contribution in [-0.2, 0) is 0 Å². The minimum atomic E-state index is -1.01. The van der Waals surface area contributed by atoms with Crippen LogP contribution in [0, 0.1) is 16.1 Å². The van der Waals surface area contributed by atoms with Crippen molar-refractivity contribution in [3.05, 3.63) is 22.3 Å². The molecule has 1 aromatic rings. The van der Waals surface area contributed by atoms with Crippen LogP contribution >= 0.6 is 0 Å². The molecule has 1 N–H and O–H groups in total. The second-order valence-corrected chi connectivity index (χ2v) is 1.33. The lowest BCUT2D eigenvalue weighted by atomic mass is 10.6. The smallest absolute Gasteiger partial charge is 0.258 e. The number of hydrogen-bond donors (Lipinski definition) is 1. The summed E-state index contributed by atoms with van der Waals surface area (Å²) in [6, 6.07) is 0. The summed E-state index contributed by atoms with van der Waals surface area (Å²) in [7, 11) is 0. The summed E-state index contributed by atoms with van der Waals surface area (Å²) in [5.74, 6) is -1.01. The standard InChI is InChI=1S/C3H2FN3O2/c4-3-2(7(8)9)1-5-6-3/h1H,(H,5,6). The van der Waals surface area contributed by atoms with Crippen LogP contribution in [0.4, 0.5) is 10.1 Å². The lowest BCUT2D eigenvalue weighted by Crippen LogP contribution is -1.87. The molecule has 1 heterocycles. The second-order valence-electron chi connectivity index (χ2n) is 1.33. The number of halogens is 1. The van der Waals surface area contributed by atoms with Crippen LogP contribution in [-0.4, -0.2) is 15.1 Å². The van der Waals surface area contributed by atoms with E-state index < -0.39 is 16.6 Å². The third-order valence-corrected chi connectivity index (χ3v) is 0.771. The van der Waals surface area contributed by atoms with E-state index in [1.165, 1.54) is 0 Å². The summed E-state index contributed by atoms with van der Waals surface area (Å²) < 4.78 is 12.0. The first-order chi connectivity index (χ1) is 4.22. The van der Waals surface area contributed by atoms with Crippen molar-refractivity contribution < 1.29 is 9.31 Å². The third-order valence-electron chi connectivity index (χ3n) is 0.771. The highest BCUT2D eigenvalue weighted by atomic mass is 19.1. The van der Waals surface area contributed by atoms with Gasteiger partial charge in [0.2, 0.25) is 0 Å². The van der Waals surface area contributed by atoms with Gasteiger partial charge >= 0.3 is 5.69 Å². The van der Waals surface area contributed by atoms with Crippen molar-refractivity contribution >= 4 is 5.69 Å². The van der Waals surface area contributed by atoms with Crippen LogP contribution in [0.15, 0.2) is 6.20 Å². The molecule has 0 saturated heterocycles. The SMILES string of the molecule is O=[N+]([O-])c1cn[nH]c1F. The zero-order valence-electron chi connectivity index (χ0n) is 4.17. The van der Waals surface area contributed by atoms with Gasteiger partial charge in [0.05, 0.1) is 4.92 Å². The quantitative estimate of drug-likeness (QED) is 0.444. The van der Waals surface area contributed by atoms with E-state index in [2.05, 4.69) is 5.10 Å². The molecule has 0 atom stereocenters. The third kappa shape index (κ3) is 0.857. The molecular weight excluding hydrogens is 129 g/mol. The molecule has 0 aliphatic rings. The number of nitro groups is 1. The topological polar surface area (TPSA) is 71.8 Å². The number of nitrogens with zero attached hydrogens (tertiary/aromatic N) is 2. The molecule has 0 fully saturated rings. The molecule has 48 valence electrons. The van der Waals surface area contributed by atoms with E-state index in [9.17, 15) is 14.5 Å². The zero-order valence-corrected chi connectivity index (χ0v) is 4.17. The van der Waals surface area contributed by atoms with Crippen LogP contribution in [0.3, 0.4) is 0 Å². The lowest BCUT2D eigenvalue weighted by molar-refractivity contribution is -0.387. The van der Waals surface area contributed by atoms with Crippen LogP contribution in [0.25, 0.3) is 0 Å². The maximum Gasteiger partial charge on any atom is 0.343 e. The van der Waals surface area contributed by atoms with Crippen LogP contribution in [0.5, 0.6) is 0 Å². The molecule has 0 aromatic carbocycles. The van der Waals surface area contributed by atoms with E-state index in [1.807, 2.05) is 0 Å². The van der Waals surface area contributed by atoms with Crippen LogP contribution in [0.2, 0.25) is 0 Å². The van der Waals surface area contributed by atoms with Gasteiger partial charge < -0.3 is 0 Å². The number of aromatic nitrogens is 2. The molecule has 0 radical (unpaired) electrons. The van der Waals surface area contributed by atoms with Gasteiger partial charge in [-0.3, -0.25) is 10.1 Å². The van der Waals surface area contributed by atoms with Crippen molar-refractivity contribution in [2.24, 2.45) is 0 Å². The molecular formula is C3H2FN3O2. The summed E-state index contributed by atoms with van der Waals surface area (Å²) in [6.07, 6.45) is 0.815. The highest BCUT2D eigenvalue weighted by molar-refractivity contribution is 5.21. The van der Waals surface area contributed by atoms with Crippen molar-refractivity contribution in [2.75, 3.05) is 0 Å². The van der Waals surface area contributed by atoms with Gasteiger partial charge in [-0.25, -0.2) is 5.10 Å². The van der Waals surface area contributed by atoms with Crippen molar-refractivity contribution in [3.8, 4) is 0 Å². The predicted octanol–water partition coefficient (Wildman–Crippen LogP) is 0.457. The molecule has 5 nitrogen and oxygen atoms in total. The minimum absolute atomic E-state index is 0.630. The van der Waals surface area contributed by atoms with Crippen molar-refractivity contribution in [3.63, 3.8) is 0 Å². The van der Waals surface area contributed by atoms with Gasteiger partial charge in [0.15, 0.2) is 0 Å². The monoisotopic (exact) mass is 131 g/mol. The number of rotatable bonds is 1. The highest BCUT2D eigenvalue weighted by Crippen LogP contribution is 2.10. The lowest BCUT2D eigenvalue weighted by Gasteiger charge is -1.79. The molecule has 1 aromatic heterocycles. The Bertz CT molecular complexity index is 233. The summed E-state index contributed by atoms with van der Waals surface area (Å²) in [5, 5.41) is 14.7. The normalized spacial score (nSPS) is 9.44. The molecule has 0 aliphatic heterocycles. The molecule has 1 rings (SSSR count). The van der Waals surface area contributed by atoms with Gasteiger partial charge in [-0.1, -0.05) is 0 Å². The van der Waals surface area contributed by atoms with Crippen molar-refractivity contribution in [2.45, 2.75) is 0 Å². The van der Waals surface area contributed by atoms with Gasteiger partial charge in [0.1, 0.15) is 6.20 Å².